The molecule has 2 N–H and O–H groups in total. The molecule has 0 aromatic heterocycles. The number of fused-ring (bicyclic) bond motifs is 1. The zero-order valence-electron chi connectivity index (χ0n) is 10.00. The molecule has 1 unspecified atom stereocenters. The number of aliphatic carboxylic acids is 1. The first kappa shape index (κ1) is 11.7. The van der Waals surface area contributed by atoms with Crippen LogP contribution in [0.4, 0.5) is 5.69 Å². The minimum absolute atomic E-state index is 0.158. The lowest BCUT2D eigenvalue weighted by atomic mass is 9.79. The van der Waals surface area contributed by atoms with Gasteiger partial charge in [-0.05, 0) is 25.0 Å². The van der Waals surface area contributed by atoms with E-state index in [-0.39, 0.29) is 5.41 Å². The molecule has 18 heavy (non-hydrogen) atoms. The second kappa shape index (κ2) is 3.79. The van der Waals surface area contributed by atoms with E-state index in [0.29, 0.717) is 22.9 Å². The Labute approximate surface area is 110 Å². The zero-order chi connectivity index (χ0) is 12.9. The molecule has 1 spiro atoms. The fourth-order valence-electron chi connectivity index (χ4n) is 2.86. The van der Waals surface area contributed by atoms with Crippen molar-refractivity contribution in [2.75, 3.05) is 19.0 Å². The molecular weight excluding hydrogens is 254 g/mol. The van der Waals surface area contributed by atoms with Crippen LogP contribution in [0.15, 0.2) is 12.1 Å². The van der Waals surface area contributed by atoms with Crippen molar-refractivity contribution in [1.82, 2.24) is 0 Å². The number of anilines is 1. The number of nitrogens with one attached hydrogen (secondary N) is 1. The van der Waals surface area contributed by atoms with Crippen molar-refractivity contribution in [3.05, 3.63) is 22.7 Å². The maximum atomic E-state index is 11.6. The molecule has 0 bridgehead atoms. The summed E-state index contributed by atoms with van der Waals surface area (Å²) in [5.74, 6) is -0.803. The van der Waals surface area contributed by atoms with Gasteiger partial charge in [0.1, 0.15) is 5.75 Å². The van der Waals surface area contributed by atoms with Gasteiger partial charge in [0.15, 0.2) is 0 Å². The topological polar surface area (TPSA) is 58.6 Å². The van der Waals surface area contributed by atoms with Gasteiger partial charge in [0.25, 0.3) is 0 Å². The number of hydrogen-bond acceptors (Lipinski definition) is 3. The maximum absolute atomic E-state index is 11.6. The number of halogens is 1. The number of ether oxygens (including phenoxy) is 1. The monoisotopic (exact) mass is 267 g/mol. The molecule has 1 saturated carbocycles. The van der Waals surface area contributed by atoms with E-state index in [2.05, 4.69) is 5.32 Å². The van der Waals surface area contributed by atoms with Crippen LogP contribution in [-0.4, -0.2) is 24.7 Å². The summed E-state index contributed by atoms with van der Waals surface area (Å²) in [6, 6.07) is 3.60. The second-order valence-corrected chi connectivity index (χ2v) is 5.41. The number of benzene rings is 1. The summed E-state index contributed by atoms with van der Waals surface area (Å²) in [5.41, 5.74) is 1.33. The normalized spacial score (nSPS) is 23.1. The summed E-state index contributed by atoms with van der Waals surface area (Å²) in [6.07, 6.45) is 1.87. The first-order valence-electron chi connectivity index (χ1n) is 5.92. The van der Waals surface area contributed by atoms with E-state index < -0.39 is 11.9 Å². The predicted octanol–water partition coefficient (Wildman–Crippen LogP) is 2.72. The van der Waals surface area contributed by atoms with E-state index in [1.807, 2.05) is 6.07 Å². The van der Waals surface area contributed by atoms with Crippen LogP contribution < -0.4 is 10.1 Å². The molecule has 96 valence electrons. The highest BCUT2D eigenvalue weighted by atomic mass is 35.5. The number of carboxylic acid groups (broad SMARTS) is 1. The summed E-state index contributed by atoms with van der Waals surface area (Å²) in [4.78, 5) is 11.6. The lowest BCUT2D eigenvalue weighted by molar-refractivity contribution is -0.140. The van der Waals surface area contributed by atoms with Crippen LogP contribution in [-0.2, 0) is 4.79 Å². The molecule has 5 heteroatoms. The summed E-state index contributed by atoms with van der Waals surface area (Å²) in [6.45, 7) is 0.708. The van der Waals surface area contributed by atoms with Crippen LogP contribution in [0.25, 0.3) is 0 Å². The molecule has 0 amide bonds. The molecule has 1 aliphatic carbocycles. The van der Waals surface area contributed by atoms with E-state index in [1.165, 1.54) is 7.11 Å². The van der Waals surface area contributed by atoms with Crippen LogP contribution >= 0.6 is 11.6 Å². The molecule has 2 aliphatic rings. The van der Waals surface area contributed by atoms with Gasteiger partial charge in [-0.3, -0.25) is 4.79 Å². The lowest BCUT2D eigenvalue weighted by Gasteiger charge is -2.33. The quantitative estimate of drug-likeness (QED) is 0.865. The van der Waals surface area contributed by atoms with Crippen molar-refractivity contribution in [3.8, 4) is 5.75 Å². The Morgan fingerprint density at radius 2 is 2.28 bits per heavy atom. The number of rotatable bonds is 2. The number of carboxylic acids is 1. The highest BCUT2D eigenvalue weighted by Gasteiger charge is 2.56. The highest BCUT2D eigenvalue weighted by Crippen LogP contribution is 2.61. The van der Waals surface area contributed by atoms with Gasteiger partial charge >= 0.3 is 5.97 Å². The molecule has 0 radical (unpaired) electrons. The fourth-order valence-corrected chi connectivity index (χ4v) is 3.21. The minimum Gasteiger partial charge on any atom is -0.495 e. The number of hydrogen-bond donors (Lipinski definition) is 2. The van der Waals surface area contributed by atoms with Crippen molar-refractivity contribution in [2.45, 2.75) is 18.8 Å². The van der Waals surface area contributed by atoms with Crippen molar-refractivity contribution < 1.29 is 14.6 Å². The fraction of sp³-hybridized carbons (Fsp3) is 0.462. The first-order valence-corrected chi connectivity index (χ1v) is 6.30. The smallest absolute Gasteiger partial charge is 0.311 e. The van der Waals surface area contributed by atoms with E-state index in [1.54, 1.807) is 6.07 Å². The van der Waals surface area contributed by atoms with E-state index in [4.69, 9.17) is 16.3 Å². The summed E-state index contributed by atoms with van der Waals surface area (Å²) in [5, 5.41) is 13.2. The Kier molecular flexibility index (Phi) is 2.45. The molecule has 1 aromatic carbocycles. The van der Waals surface area contributed by atoms with Crippen molar-refractivity contribution in [3.63, 3.8) is 0 Å². The average molecular weight is 268 g/mol. The van der Waals surface area contributed by atoms with Gasteiger partial charge in [-0.25, -0.2) is 0 Å². The maximum Gasteiger partial charge on any atom is 0.311 e. The number of methoxy groups -OCH3 is 1. The number of carbonyl (C=O) groups is 1. The Morgan fingerprint density at radius 3 is 2.83 bits per heavy atom. The first-order chi connectivity index (χ1) is 8.59. The standard InChI is InChI=1S/C13H14ClNO3/c1-18-8-3-2-7-9(11(8)14)10(12(16)17)13(4-5-13)6-15-7/h2-3,10,15H,4-6H2,1H3,(H,16,17). The Balaban J connectivity index is 2.18. The molecule has 4 nitrogen and oxygen atoms in total. The molecule has 1 heterocycles. The molecule has 3 rings (SSSR count). The van der Waals surface area contributed by atoms with Crippen LogP contribution in [0.5, 0.6) is 5.75 Å². The van der Waals surface area contributed by atoms with Crippen molar-refractivity contribution in [1.29, 1.82) is 0 Å². The Hall–Kier alpha value is -1.42. The van der Waals surface area contributed by atoms with Gasteiger partial charge in [0.05, 0.1) is 18.1 Å². The highest BCUT2D eigenvalue weighted by molar-refractivity contribution is 6.33. The molecular formula is C13H14ClNO3. The molecule has 1 fully saturated rings. The largest absolute Gasteiger partial charge is 0.495 e. The molecule has 0 saturated heterocycles. The third-order valence-electron chi connectivity index (χ3n) is 4.04. The second-order valence-electron chi connectivity index (χ2n) is 5.03. The van der Waals surface area contributed by atoms with Crippen LogP contribution in [0.2, 0.25) is 5.02 Å². The zero-order valence-corrected chi connectivity index (χ0v) is 10.8. The van der Waals surface area contributed by atoms with Crippen LogP contribution in [0.1, 0.15) is 24.3 Å². The molecule has 1 aromatic rings. The summed E-state index contributed by atoms with van der Waals surface area (Å²) >= 11 is 6.29. The molecule has 1 aliphatic heterocycles. The summed E-state index contributed by atoms with van der Waals surface area (Å²) < 4.78 is 5.18. The SMILES string of the molecule is COc1ccc2c(c1Cl)C(C(=O)O)C1(CC1)CN2. The Morgan fingerprint density at radius 1 is 1.56 bits per heavy atom. The van der Waals surface area contributed by atoms with Gasteiger partial charge < -0.3 is 15.2 Å². The van der Waals surface area contributed by atoms with Crippen LogP contribution in [0.3, 0.4) is 0 Å². The summed E-state index contributed by atoms with van der Waals surface area (Å²) in [7, 11) is 1.53. The average Bonchev–Trinajstić information content (AvgIpc) is 3.10. The van der Waals surface area contributed by atoms with E-state index in [9.17, 15) is 9.90 Å². The van der Waals surface area contributed by atoms with Crippen molar-refractivity contribution in [2.24, 2.45) is 5.41 Å². The van der Waals surface area contributed by atoms with Crippen molar-refractivity contribution >= 4 is 23.3 Å². The van der Waals surface area contributed by atoms with Gasteiger partial charge in [-0.2, -0.15) is 0 Å². The predicted molar refractivity (Wildman–Crippen MR) is 68.5 cm³/mol. The Bertz CT molecular complexity index is 525. The third kappa shape index (κ3) is 1.48. The van der Waals surface area contributed by atoms with E-state index in [0.717, 1.165) is 18.5 Å². The minimum atomic E-state index is -0.801. The van der Waals surface area contributed by atoms with Gasteiger partial charge in [0, 0.05) is 23.2 Å². The van der Waals surface area contributed by atoms with Gasteiger partial charge in [-0.1, -0.05) is 11.6 Å². The van der Waals surface area contributed by atoms with Gasteiger partial charge in [0.2, 0.25) is 0 Å². The van der Waals surface area contributed by atoms with Gasteiger partial charge in [-0.15, -0.1) is 0 Å². The van der Waals surface area contributed by atoms with Crippen LogP contribution in [0, 0.1) is 5.41 Å². The lowest BCUT2D eigenvalue weighted by Crippen LogP contribution is -2.34. The van der Waals surface area contributed by atoms with E-state index >= 15 is 0 Å². The molecule has 1 atom stereocenters. The third-order valence-corrected chi connectivity index (χ3v) is 4.43.